The Morgan fingerprint density at radius 1 is 1.50 bits per heavy atom. The summed E-state index contributed by atoms with van der Waals surface area (Å²) in [5, 5.41) is 0. The van der Waals surface area contributed by atoms with Crippen LogP contribution in [0, 0.1) is 17.3 Å². The molecular formula is C9H15Br. The lowest BCUT2D eigenvalue weighted by Gasteiger charge is -2.21. The molecule has 0 radical (unpaired) electrons. The first-order chi connectivity index (χ1) is 4.66. The van der Waals surface area contributed by atoms with Crippen LogP contribution in [0.25, 0.3) is 0 Å². The van der Waals surface area contributed by atoms with Gasteiger partial charge in [0.05, 0.1) is 0 Å². The summed E-state index contributed by atoms with van der Waals surface area (Å²) in [5.74, 6) is 1.98. The van der Waals surface area contributed by atoms with Crippen LogP contribution in [0.15, 0.2) is 0 Å². The third kappa shape index (κ3) is 0.731. The molecule has 1 unspecified atom stereocenters. The monoisotopic (exact) mass is 202 g/mol. The Hall–Kier alpha value is 0.480. The third-order valence-corrected chi connectivity index (χ3v) is 5.20. The van der Waals surface area contributed by atoms with Gasteiger partial charge in [-0.3, -0.25) is 0 Å². The molecule has 0 aromatic rings. The molecule has 4 atom stereocenters. The Kier molecular flexibility index (Phi) is 1.43. The predicted octanol–water partition coefficient (Wildman–Crippen LogP) is 3.21. The van der Waals surface area contributed by atoms with Crippen molar-refractivity contribution in [1.29, 1.82) is 0 Å². The molecule has 0 bridgehead atoms. The molecule has 2 aliphatic carbocycles. The fraction of sp³-hybridized carbons (Fsp3) is 1.00. The first-order valence-electron chi connectivity index (χ1n) is 4.30. The van der Waals surface area contributed by atoms with E-state index in [1.165, 1.54) is 19.3 Å². The van der Waals surface area contributed by atoms with Crippen molar-refractivity contribution in [2.24, 2.45) is 17.3 Å². The Morgan fingerprint density at radius 2 is 2.20 bits per heavy atom. The molecule has 0 aromatic carbocycles. The van der Waals surface area contributed by atoms with Crippen molar-refractivity contribution in [2.75, 3.05) is 0 Å². The highest BCUT2D eigenvalue weighted by atomic mass is 79.9. The minimum Gasteiger partial charge on any atom is -0.0881 e. The summed E-state index contributed by atoms with van der Waals surface area (Å²) in [6.07, 6.45) is 4.37. The summed E-state index contributed by atoms with van der Waals surface area (Å²) >= 11 is 3.77. The van der Waals surface area contributed by atoms with Crippen LogP contribution in [0.4, 0.5) is 0 Å². The van der Waals surface area contributed by atoms with Crippen LogP contribution in [-0.4, -0.2) is 4.83 Å². The molecular weight excluding hydrogens is 188 g/mol. The lowest BCUT2D eigenvalue weighted by molar-refractivity contribution is 0.288. The van der Waals surface area contributed by atoms with Crippen LogP contribution in [-0.2, 0) is 0 Å². The van der Waals surface area contributed by atoms with E-state index < -0.39 is 0 Å². The van der Waals surface area contributed by atoms with Gasteiger partial charge in [-0.15, -0.1) is 0 Å². The average molecular weight is 203 g/mol. The van der Waals surface area contributed by atoms with Crippen molar-refractivity contribution in [3.05, 3.63) is 0 Å². The molecule has 0 aromatic heterocycles. The summed E-state index contributed by atoms with van der Waals surface area (Å²) < 4.78 is 0. The number of halogens is 1. The average Bonchev–Trinajstić information content (AvgIpc) is 2.38. The molecule has 0 heterocycles. The molecule has 0 saturated heterocycles. The van der Waals surface area contributed by atoms with Crippen LogP contribution in [0.2, 0.25) is 0 Å². The van der Waals surface area contributed by atoms with Crippen LogP contribution < -0.4 is 0 Å². The van der Waals surface area contributed by atoms with E-state index in [1.807, 2.05) is 0 Å². The summed E-state index contributed by atoms with van der Waals surface area (Å²) in [7, 11) is 0. The Bertz CT molecular complexity index is 151. The predicted molar refractivity (Wildman–Crippen MR) is 47.3 cm³/mol. The largest absolute Gasteiger partial charge is 0.0881 e. The summed E-state index contributed by atoms with van der Waals surface area (Å²) in [5.41, 5.74) is 0.692. The smallest absolute Gasteiger partial charge is 0.0239 e. The van der Waals surface area contributed by atoms with E-state index in [-0.39, 0.29) is 0 Å². The van der Waals surface area contributed by atoms with E-state index in [0.29, 0.717) is 5.41 Å². The van der Waals surface area contributed by atoms with E-state index in [4.69, 9.17) is 0 Å². The number of rotatable bonds is 0. The van der Waals surface area contributed by atoms with Gasteiger partial charge in [-0.2, -0.15) is 0 Å². The standard InChI is InChI=1S/C9H15Br/c1-6-4-3-5-9(2)7(6)8(9)10/h6-8H,3-5H2,1-2H3/t6?,7-,8-,9-/m0/s1. The minimum absolute atomic E-state index is 0.692. The molecule has 58 valence electrons. The van der Waals surface area contributed by atoms with Gasteiger partial charge < -0.3 is 0 Å². The summed E-state index contributed by atoms with van der Waals surface area (Å²) in [6, 6.07) is 0. The molecule has 0 amide bonds. The van der Waals surface area contributed by atoms with Gasteiger partial charge in [-0.05, 0) is 23.7 Å². The highest BCUT2D eigenvalue weighted by Crippen LogP contribution is 2.66. The van der Waals surface area contributed by atoms with Gasteiger partial charge in [0.1, 0.15) is 0 Å². The van der Waals surface area contributed by atoms with Crippen molar-refractivity contribution >= 4 is 15.9 Å². The van der Waals surface area contributed by atoms with Gasteiger partial charge in [-0.25, -0.2) is 0 Å². The third-order valence-electron chi connectivity index (χ3n) is 3.59. The van der Waals surface area contributed by atoms with E-state index in [9.17, 15) is 0 Å². The van der Waals surface area contributed by atoms with E-state index in [0.717, 1.165) is 16.7 Å². The maximum atomic E-state index is 3.77. The molecule has 10 heavy (non-hydrogen) atoms. The van der Waals surface area contributed by atoms with Crippen LogP contribution in [0.1, 0.15) is 33.1 Å². The highest BCUT2D eigenvalue weighted by molar-refractivity contribution is 9.09. The number of hydrogen-bond acceptors (Lipinski definition) is 0. The number of hydrogen-bond donors (Lipinski definition) is 0. The topological polar surface area (TPSA) is 0 Å². The first kappa shape index (κ1) is 7.15. The maximum absolute atomic E-state index is 3.77. The van der Waals surface area contributed by atoms with Crippen molar-refractivity contribution in [3.8, 4) is 0 Å². The molecule has 0 spiro atoms. The lowest BCUT2D eigenvalue weighted by Crippen LogP contribution is -2.12. The quantitative estimate of drug-likeness (QED) is 0.530. The zero-order valence-electron chi connectivity index (χ0n) is 6.73. The zero-order valence-corrected chi connectivity index (χ0v) is 8.32. The molecule has 2 saturated carbocycles. The summed E-state index contributed by atoms with van der Waals surface area (Å²) in [6.45, 7) is 4.84. The minimum atomic E-state index is 0.692. The Labute approximate surface area is 71.5 Å². The molecule has 2 aliphatic rings. The van der Waals surface area contributed by atoms with Crippen molar-refractivity contribution in [1.82, 2.24) is 0 Å². The van der Waals surface area contributed by atoms with Crippen LogP contribution in [0.5, 0.6) is 0 Å². The number of alkyl halides is 1. The molecule has 0 nitrogen and oxygen atoms in total. The van der Waals surface area contributed by atoms with Crippen molar-refractivity contribution in [2.45, 2.75) is 37.9 Å². The van der Waals surface area contributed by atoms with Gasteiger partial charge in [-0.1, -0.05) is 42.6 Å². The second-order valence-corrected chi connectivity index (χ2v) is 5.29. The van der Waals surface area contributed by atoms with Gasteiger partial charge >= 0.3 is 0 Å². The fourth-order valence-corrected chi connectivity index (χ4v) is 4.28. The normalized spacial score (nSPS) is 59.7. The fourth-order valence-electron chi connectivity index (χ4n) is 2.77. The van der Waals surface area contributed by atoms with Gasteiger partial charge in [0.15, 0.2) is 0 Å². The van der Waals surface area contributed by atoms with Crippen molar-refractivity contribution in [3.63, 3.8) is 0 Å². The van der Waals surface area contributed by atoms with Crippen LogP contribution in [0.3, 0.4) is 0 Å². The first-order valence-corrected chi connectivity index (χ1v) is 5.22. The highest BCUT2D eigenvalue weighted by Gasteiger charge is 2.62. The Morgan fingerprint density at radius 3 is 2.70 bits per heavy atom. The second-order valence-electron chi connectivity index (χ2n) is 4.30. The second kappa shape index (κ2) is 2.00. The number of fused-ring (bicyclic) bond motifs is 1. The van der Waals surface area contributed by atoms with E-state index in [2.05, 4.69) is 29.8 Å². The molecule has 1 heteroatoms. The van der Waals surface area contributed by atoms with E-state index >= 15 is 0 Å². The van der Waals surface area contributed by atoms with Gasteiger partial charge in [0.25, 0.3) is 0 Å². The summed E-state index contributed by atoms with van der Waals surface area (Å²) in [4.78, 5) is 0.845. The molecule has 0 N–H and O–H groups in total. The van der Waals surface area contributed by atoms with Crippen molar-refractivity contribution < 1.29 is 0 Å². The molecule has 2 rings (SSSR count). The van der Waals surface area contributed by atoms with E-state index in [1.54, 1.807) is 0 Å². The molecule has 2 fully saturated rings. The van der Waals surface area contributed by atoms with Gasteiger partial charge in [0.2, 0.25) is 0 Å². The SMILES string of the molecule is CC1CCC[C@]2(C)[C@@H](Br)[C@H]12. The zero-order chi connectivity index (χ0) is 7.35. The molecule has 0 aliphatic heterocycles. The Balaban J connectivity index is 2.13. The van der Waals surface area contributed by atoms with Crippen LogP contribution >= 0.6 is 15.9 Å². The van der Waals surface area contributed by atoms with Gasteiger partial charge in [0, 0.05) is 4.83 Å². The maximum Gasteiger partial charge on any atom is 0.0239 e. The lowest BCUT2D eigenvalue weighted by atomic mass is 9.84.